The van der Waals surface area contributed by atoms with E-state index in [-0.39, 0.29) is 0 Å². The molecule has 0 aliphatic carbocycles. The van der Waals surface area contributed by atoms with Crippen molar-refractivity contribution in [3.8, 4) is 0 Å². The fourth-order valence-corrected chi connectivity index (χ4v) is 4.50. The van der Waals surface area contributed by atoms with Gasteiger partial charge in [-0.2, -0.15) is 0 Å². The van der Waals surface area contributed by atoms with E-state index in [2.05, 4.69) is 65.3 Å². The van der Waals surface area contributed by atoms with Crippen LogP contribution in [0.2, 0.25) is 0 Å². The number of rotatable bonds is 3. The molecule has 0 bridgehead atoms. The van der Waals surface area contributed by atoms with Gasteiger partial charge in [-0.15, -0.1) is 11.3 Å². The van der Waals surface area contributed by atoms with Crippen LogP contribution in [-0.4, -0.2) is 29.6 Å². The molecule has 0 aromatic carbocycles. The summed E-state index contributed by atoms with van der Waals surface area (Å²) < 4.78 is 1.24. The standard InChI is InChI=1S/C15H25BrN2S/c1-11(14-13(16)7-10-19-14)17-12-5-8-18(9-6-12)15(2,3)4/h7,10-12,17H,5-6,8-9H2,1-4H3. The summed E-state index contributed by atoms with van der Waals surface area (Å²) in [6, 6.07) is 3.24. The summed E-state index contributed by atoms with van der Waals surface area (Å²) in [6.07, 6.45) is 2.51. The highest BCUT2D eigenvalue weighted by Crippen LogP contribution is 2.30. The molecule has 4 heteroatoms. The van der Waals surface area contributed by atoms with Crippen LogP contribution in [0.4, 0.5) is 0 Å². The lowest BCUT2D eigenvalue weighted by atomic mass is 9.97. The highest BCUT2D eigenvalue weighted by atomic mass is 79.9. The Morgan fingerprint density at radius 3 is 2.47 bits per heavy atom. The fraction of sp³-hybridized carbons (Fsp3) is 0.733. The zero-order valence-corrected chi connectivity index (χ0v) is 14.8. The predicted molar refractivity (Wildman–Crippen MR) is 87.9 cm³/mol. The van der Waals surface area contributed by atoms with E-state index in [0.29, 0.717) is 17.6 Å². The fourth-order valence-electron chi connectivity index (χ4n) is 2.76. The number of piperidine rings is 1. The second-order valence-electron chi connectivity index (χ2n) is 6.45. The van der Waals surface area contributed by atoms with Crippen molar-refractivity contribution in [2.24, 2.45) is 0 Å². The maximum atomic E-state index is 3.79. The number of likely N-dealkylation sites (tertiary alicyclic amines) is 1. The minimum atomic E-state index is 0.313. The quantitative estimate of drug-likeness (QED) is 0.872. The lowest BCUT2D eigenvalue weighted by Crippen LogP contribution is -2.50. The molecular weight excluding hydrogens is 320 g/mol. The van der Waals surface area contributed by atoms with Gasteiger partial charge in [-0.25, -0.2) is 0 Å². The van der Waals surface area contributed by atoms with Gasteiger partial charge in [0.05, 0.1) is 0 Å². The molecule has 2 heterocycles. The monoisotopic (exact) mass is 344 g/mol. The van der Waals surface area contributed by atoms with Crippen molar-refractivity contribution in [1.29, 1.82) is 0 Å². The SMILES string of the molecule is CC(NC1CCN(C(C)(C)C)CC1)c1sccc1Br. The van der Waals surface area contributed by atoms with Gasteiger partial charge in [-0.1, -0.05) is 0 Å². The van der Waals surface area contributed by atoms with Crippen LogP contribution in [0.15, 0.2) is 15.9 Å². The van der Waals surface area contributed by atoms with Gasteiger partial charge in [0.2, 0.25) is 0 Å². The highest BCUT2D eigenvalue weighted by Gasteiger charge is 2.27. The van der Waals surface area contributed by atoms with Crippen LogP contribution in [0.1, 0.15) is 51.5 Å². The molecule has 1 aromatic heterocycles. The van der Waals surface area contributed by atoms with E-state index in [1.165, 1.54) is 35.3 Å². The summed E-state index contributed by atoms with van der Waals surface area (Å²) in [5.74, 6) is 0. The molecule has 2 nitrogen and oxygen atoms in total. The average Bonchev–Trinajstić information content (AvgIpc) is 2.75. The number of nitrogens with one attached hydrogen (secondary N) is 1. The molecule has 1 saturated heterocycles. The maximum Gasteiger partial charge on any atom is 0.0399 e. The van der Waals surface area contributed by atoms with Crippen LogP contribution in [0.25, 0.3) is 0 Å². The Morgan fingerprint density at radius 2 is 2.00 bits per heavy atom. The summed E-state index contributed by atoms with van der Waals surface area (Å²) in [6.45, 7) is 11.6. The van der Waals surface area contributed by atoms with E-state index < -0.39 is 0 Å². The van der Waals surface area contributed by atoms with Crippen molar-refractivity contribution in [2.45, 2.75) is 58.2 Å². The third-order valence-corrected chi connectivity index (χ3v) is 6.02. The molecule has 19 heavy (non-hydrogen) atoms. The summed E-state index contributed by atoms with van der Waals surface area (Å²) in [7, 11) is 0. The Morgan fingerprint density at radius 1 is 1.37 bits per heavy atom. The average molecular weight is 345 g/mol. The van der Waals surface area contributed by atoms with Crippen LogP contribution < -0.4 is 5.32 Å². The van der Waals surface area contributed by atoms with Crippen LogP contribution in [0.3, 0.4) is 0 Å². The van der Waals surface area contributed by atoms with Crippen LogP contribution >= 0.6 is 27.3 Å². The third kappa shape index (κ3) is 4.03. The highest BCUT2D eigenvalue weighted by molar-refractivity contribution is 9.10. The van der Waals surface area contributed by atoms with Gasteiger partial charge in [0.25, 0.3) is 0 Å². The van der Waals surface area contributed by atoms with Crippen molar-refractivity contribution in [3.05, 3.63) is 20.8 Å². The molecule has 108 valence electrons. The first-order valence-electron chi connectivity index (χ1n) is 7.12. The predicted octanol–water partition coefficient (Wildman–Crippen LogP) is 4.42. The number of thiophene rings is 1. The van der Waals surface area contributed by atoms with Crippen molar-refractivity contribution in [1.82, 2.24) is 10.2 Å². The molecule has 1 atom stereocenters. The topological polar surface area (TPSA) is 15.3 Å². The number of halogens is 1. The van der Waals surface area contributed by atoms with E-state index in [1.54, 1.807) is 0 Å². The van der Waals surface area contributed by atoms with Crippen LogP contribution in [-0.2, 0) is 0 Å². The minimum absolute atomic E-state index is 0.313. The number of hydrogen-bond donors (Lipinski definition) is 1. The van der Waals surface area contributed by atoms with E-state index in [9.17, 15) is 0 Å². The smallest absolute Gasteiger partial charge is 0.0399 e. The first-order valence-corrected chi connectivity index (χ1v) is 8.79. The van der Waals surface area contributed by atoms with Gasteiger partial charge >= 0.3 is 0 Å². The van der Waals surface area contributed by atoms with Gasteiger partial charge in [-0.3, -0.25) is 4.90 Å². The minimum Gasteiger partial charge on any atom is -0.307 e. The molecule has 1 fully saturated rings. The molecule has 0 saturated carbocycles. The van der Waals surface area contributed by atoms with Gasteiger partial charge in [0.15, 0.2) is 0 Å². The Balaban J connectivity index is 1.85. The Labute approximate surface area is 129 Å². The zero-order chi connectivity index (χ0) is 14.0. The molecule has 1 aliphatic heterocycles. The van der Waals surface area contributed by atoms with E-state index >= 15 is 0 Å². The number of nitrogens with zero attached hydrogens (tertiary/aromatic N) is 1. The summed E-state index contributed by atoms with van der Waals surface area (Å²) in [5.41, 5.74) is 0.313. The summed E-state index contributed by atoms with van der Waals surface area (Å²) in [4.78, 5) is 4.01. The van der Waals surface area contributed by atoms with Crippen molar-refractivity contribution in [2.75, 3.05) is 13.1 Å². The molecule has 1 aromatic rings. The van der Waals surface area contributed by atoms with Crippen LogP contribution in [0.5, 0.6) is 0 Å². The maximum absolute atomic E-state index is 3.79. The largest absolute Gasteiger partial charge is 0.307 e. The second-order valence-corrected chi connectivity index (χ2v) is 8.26. The normalized spacial score (nSPS) is 20.7. The zero-order valence-electron chi connectivity index (χ0n) is 12.4. The number of hydrogen-bond acceptors (Lipinski definition) is 3. The first kappa shape index (κ1) is 15.5. The van der Waals surface area contributed by atoms with Crippen LogP contribution in [0, 0.1) is 0 Å². The molecule has 0 radical (unpaired) electrons. The Hall–Kier alpha value is 0.100. The summed E-state index contributed by atoms with van der Waals surface area (Å²) >= 11 is 5.46. The van der Waals surface area contributed by atoms with Gasteiger partial charge in [0.1, 0.15) is 0 Å². The first-order chi connectivity index (χ1) is 8.88. The molecule has 0 spiro atoms. The Bertz CT molecular complexity index is 403. The Kier molecular flexibility index (Phi) is 5.09. The molecule has 0 amide bonds. The lowest BCUT2D eigenvalue weighted by molar-refractivity contribution is 0.0943. The molecule has 1 unspecified atom stereocenters. The van der Waals surface area contributed by atoms with Crippen molar-refractivity contribution < 1.29 is 0 Å². The second kappa shape index (κ2) is 6.25. The molecule has 2 rings (SSSR count). The molecule has 1 N–H and O–H groups in total. The van der Waals surface area contributed by atoms with Crippen molar-refractivity contribution in [3.63, 3.8) is 0 Å². The lowest BCUT2D eigenvalue weighted by Gasteiger charge is -2.41. The molecular formula is C15H25BrN2S. The summed E-state index contributed by atoms with van der Waals surface area (Å²) in [5, 5.41) is 5.94. The van der Waals surface area contributed by atoms with Gasteiger partial charge < -0.3 is 5.32 Å². The molecule has 1 aliphatic rings. The van der Waals surface area contributed by atoms with Crippen molar-refractivity contribution >= 4 is 27.3 Å². The third-order valence-electron chi connectivity index (χ3n) is 3.97. The van der Waals surface area contributed by atoms with E-state index in [0.717, 1.165) is 0 Å². The van der Waals surface area contributed by atoms with E-state index in [1.807, 2.05) is 11.3 Å². The van der Waals surface area contributed by atoms with Gasteiger partial charge in [-0.05, 0) is 67.9 Å². The van der Waals surface area contributed by atoms with E-state index in [4.69, 9.17) is 0 Å². The van der Waals surface area contributed by atoms with Gasteiger partial charge in [0, 0.05) is 40.1 Å².